The number of carbonyl (C=O) groups is 2. The van der Waals surface area contributed by atoms with Crippen molar-refractivity contribution in [3.8, 4) is 28.6 Å². The second-order valence-corrected chi connectivity index (χ2v) is 7.97. The topological polar surface area (TPSA) is 90.6 Å². The minimum atomic E-state index is -0.681. The van der Waals surface area contributed by atoms with Crippen molar-refractivity contribution in [2.24, 2.45) is 0 Å². The second-order valence-electron chi connectivity index (χ2n) is 7.97. The van der Waals surface area contributed by atoms with E-state index in [0.717, 1.165) is 34.0 Å². The molecular formula is C29H26N2O5. The summed E-state index contributed by atoms with van der Waals surface area (Å²) in [5, 5.41) is 11.7. The van der Waals surface area contributed by atoms with Crippen molar-refractivity contribution >= 4 is 28.3 Å². The molecule has 0 unspecified atom stereocenters. The van der Waals surface area contributed by atoms with Crippen LogP contribution in [0.25, 0.3) is 33.2 Å². The van der Waals surface area contributed by atoms with Gasteiger partial charge in [-0.2, -0.15) is 5.26 Å². The van der Waals surface area contributed by atoms with E-state index in [1.807, 2.05) is 66.1 Å². The van der Waals surface area contributed by atoms with Crippen LogP contribution < -0.4 is 4.74 Å². The smallest absolute Gasteiger partial charge is 0.340 e. The van der Waals surface area contributed by atoms with Crippen molar-refractivity contribution in [2.75, 3.05) is 20.3 Å². The fourth-order valence-electron chi connectivity index (χ4n) is 4.54. The van der Waals surface area contributed by atoms with Crippen molar-refractivity contribution in [1.29, 1.82) is 5.26 Å². The lowest BCUT2D eigenvalue weighted by Gasteiger charge is -2.15. The van der Waals surface area contributed by atoms with Crippen LogP contribution in [0.5, 0.6) is 5.75 Å². The number of hydrogen-bond acceptors (Lipinski definition) is 6. The van der Waals surface area contributed by atoms with Crippen molar-refractivity contribution < 1.29 is 23.8 Å². The molecule has 2 aliphatic rings. The molecule has 2 aromatic rings. The molecule has 0 aliphatic heterocycles. The number of methoxy groups -OCH3 is 1. The third-order valence-corrected chi connectivity index (χ3v) is 5.98. The first-order valence-electron chi connectivity index (χ1n) is 11.6. The maximum Gasteiger partial charge on any atom is 0.340 e. The highest BCUT2D eigenvalue weighted by atomic mass is 16.5. The van der Waals surface area contributed by atoms with Crippen LogP contribution in [-0.2, 0) is 19.1 Å². The highest BCUT2D eigenvalue weighted by Gasteiger charge is 2.31. The number of fused-ring (bicyclic) bond motifs is 3. The summed E-state index contributed by atoms with van der Waals surface area (Å²) < 4.78 is 17.7. The van der Waals surface area contributed by atoms with Crippen LogP contribution in [0.2, 0.25) is 0 Å². The van der Waals surface area contributed by atoms with Gasteiger partial charge in [-0.05, 0) is 50.6 Å². The van der Waals surface area contributed by atoms with Crippen molar-refractivity contribution in [3.05, 3.63) is 77.6 Å². The predicted octanol–water partition coefficient (Wildman–Crippen LogP) is 5.43. The van der Waals surface area contributed by atoms with Crippen molar-refractivity contribution in [1.82, 2.24) is 4.57 Å². The number of nitriles is 1. The second kappa shape index (κ2) is 10.4. The summed E-state index contributed by atoms with van der Waals surface area (Å²) in [6.45, 7) is 5.58. The molecule has 0 spiro atoms. The van der Waals surface area contributed by atoms with Gasteiger partial charge in [0.1, 0.15) is 11.8 Å². The van der Waals surface area contributed by atoms with Gasteiger partial charge in [0.05, 0.1) is 37.2 Å². The number of carbonyl (C=O) groups excluding carboxylic acids is 2. The van der Waals surface area contributed by atoms with Gasteiger partial charge in [0.2, 0.25) is 0 Å². The Hall–Kier alpha value is -4.57. The van der Waals surface area contributed by atoms with Gasteiger partial charge in [-0.15, -0.1) is 0 Å². The Balaban J connectivity index is 2.20. The molecule has 0 saturated heterocycles. The number of hydrogen-bond donors (Lipinski definition) is 0. The van der Waals surface area contributed by atoms with E-state index in [9.17, 15) is 14.9 Å². The molecule has 1 aromatic carbocycles. The van der Waals surface area contributed by atoms with Gasteiger partial charge < -0.3 is 18.8 Å². The highest BCUT2D eigenvalue weighted by molar-refractivity contribution is 6.26. The summed E-state index contributed by atoms with van der Waals surface area (Å²) in [5.74, 6) is -0.679. The number of esters is 2. The quantitative estimate of drug-likeness (QED) is 0.258. The molecule has 0 saturated carbocycles. The number of aryl methyl sites for hydroxylation is 1. The molecule has 1 aromatic heterocycles. The first kappa shape index (κ1) is 24.6. The predicted molar refractivity (Wildman–Crippen MR) is 137 cm³/mol. The lowest BCUT2D eigenvalue weighted by molar-refractivity contribution is -0.139. The van der Waals surface area contributed by atoms with Gasteiger partial charge in [0.25, 0.3) is 0 Å². The van der Waals surface area contributed by atoms with E-state index in [1.165, 1.54) is 0 Å². The molecule has 182 valence electrons. The SMILES string of the molecule is CCOC(=O)C=C(C(=O)OCC)c1c2c(C#N)c3cccccc-3c2c(C)n1-c1ccc(OC)cc1. The Morgan fingerprint density at radius 1 is 0.944 bits per heavy atom. The van der Waals surface area contributed by atoms with Gasteiger partial charge in [-0.25, -0.2) is 9.59 Å². The third kappa shape index (κ3) is 4.18. The fourth-order valence-corrected chi connectivity index (χ4v) is 4.54. The summed E-state index contributed by atoms with van der Waals surface area (Å²) >= 11 is 0. The average Bonchev–Trinajstić information content (AvgIpc) is 3.21. The number of ether oxygens (including phenoxy) is 3. The highest BCUT2D eigenvalue weighted by Crippen LogP contribution is 2.46. The van der Waals surface area contributed by atoms with Gasteiger partial charge >= 0.3 is 11.9 Å². The van der Waals surface area contributed by atoms with Gasteiger partial charge in [-0.3, -0.25) is 0 Å². The van der Waals surface area contributed by atoms with E-state index in [2.05, 4.69) is 6.07 Å². The zero-order chi connectivity index (χ0) is 25.8. The Morgan fingerprint density at radius 3 is 2.22 bits per heavy atom. The summed E-state index contributed by atoms with van der Waals surface area (Å²) in [4.78, 5) is 25.9. The molecule has 36 heavy (non-hydrogen) atoms. The lowest BCUT2D eigenvalue weighted by atomic mass is 10.1. The van der Waals surface area contributed by atoms with Crippen molar-refractivity contribution in [3.63, 3.8) is 0 Å². The van der Waals surface area contributed by atoms with Gasteiger partial charge in [-0.1, -0.05) is 30.3 Å². The van der Waals surface area contributed by atoms with E-state index in [0.29, 0.717) is 22.4 Å². The zero-order valence-electron chi connectivity index (χ0n) is 20.6. The molecule has 7 nitrogen and oxygen atoms in total. The van der Waals surface area contributed by atoms with Crippen molar-refractivity contribution in [2.45, 2.75) is 20.8 Å². The standard InChI is InChI=1S/C29H26N2O5/c1-5-35-25(32)16-23(29(33)36-6-2)28-27-24(17-30)21-10-8-7-9-11-22(21)26(27)18(3)31(28)19-12-14-20(34-4)15-13-19/h7-16H,5-6H2,1-4H3. The summed E-state index contributed by atoms with van der Waals surface area (Å²) in [7, 11) is 1.59. The largest absolute Gasteiger partial charge is 0.497 e. The molecule has 2 aliphatic carbocycles. The molecule has 1 heterocycles. The lowest BCUT2D eigenvalue weighted by Crippen LogP contribution is -2.14. The van der Waals surface area contributed by atoms with Crippen LogP contribution in [0.1, 0.15) is 30.8 Å². The molecule has 0 atom stereocenters. The van der Waals surface area contributed by atoms with Crippen LogP contribution in [0.4, 0.5) is 0 Å². The molecule has 0 bridgehead atoms. The third-order valence-electron chi connectivity index (χ3n) is 5.98. The molecule has 0 fully saturated rings. The summed E-state index contributed by atoms with van der Waals surface area (Å²) in [6.07, 6.45) is 1.15. The Bertz CT molecular complexity index is 1490. The molecule has 0 amide bonds. The number of benzene rings is 1. The fraction of sp³-hybridized carbons (Fsp3) is 0.207. The molecular weight excluding hydrogens is 456 g/mol. The maximum absolute atomic E-state index is 13.3. The number of aromatic nitrogens is 1. The zero-order valence-corrected chi connectivity index (χ0v) is 20.6. The number of rotatable bonds is 7. The Labute approximate surface area is 209 Å². The van der Waals surface area contributed by atoms with Crippen LogP contribution in [0.3, 0.4) is 0 Å². The average molecular weight is 483 g/mol. The number of nitrogens with zero attached hydrogens (tertiary/aromatic N) is 2. The van der Waals surface area contributed by atoms with E-state index in [4.69, 9.17) is 14.2 Å². The van der Waals surface area contributed by atoms with E-state index in [1.54, 1.807) is 21.0 Å². The van der Waals surface area contributed by atoms with Crippen LogP contribution in [-0.4, -0.2) is 36.8 Å². The van der Waals surface area contributed by atoms with Crippen LogP contribution >= 0.6 is 0 Å². The van der Waals surface area contributed by atoms with Crippen LogP contribution in [0, 0.1) is 18.3 Å². The van der Waals surface area contributed by atoms with Gasteiger partial charge in [0.15, 0.2) is 0 Å². The Morgan fingerprint density at radius 2 is 1.61 bits per heavy atom. The first-order valence-corrected chi connectivity index (χ1v) is 11.6. The Kier molecular flexibility index (Phi) is 7.07. The van der Waals surface area contributed by atoms with Gasteiger partial charge in [0, 0.05) is 33.8 Å². The minimum Gasteiger partial charge on any atom is -0.497 e. The monoisotopic (exact) mass is 482 g/mol. The minimum absolute atomic E-state index is 0.0143. The summed E-state index contributed by atoms with van der Waals surface area (Å²) in [6, 6.07) is 19.2. The summed E-state index contributed by atoms with van der Waals surface area (Å²) in [5.41, 5.74) is 4.00. The molecule has 4 rings (SSSR count). The van der Waals surface area contributed by atoms with Crippen LogP contribution in [0.15, 0.2) is 60.7 Å². The molecule has 0 N–H and O–H groups in total. The van der Waals surface area contributed by atoms with E-state index >= 15 is 0 Å². The van der Waals surface area contributed by atoms with E-state index in [-0.39, 0.29) is 18.8 Å². The van der Waals surface area contributed by atoms with E-state index < -0.39 is 11.9 Å². The first-order chi connectivity index (χ1) is 17.5. The normalized spacial score (nSPS) is 11.4. The molecule has 0 radical (unpaired) electrons. The maximum atomic E-state index is 13.3. The molecule has 7 heteroatoms.